The van der Waals surface area contributed by atoms with Gasteiger partial charge in [-0.25, -0.2) is 4.39 Å². The second kappa shape index (κ2) is 8.75. The fourth-order valence-corrected chi connectivity index (χ4v) is 4.23. The van der Waals surface area contributed by atoms with E-state index in [1.54, 1.807) is 0 Å². The van der Waals surface area contributed by atoms with Gasteiger partial charge in [-0.15, -0.1) is 11.3 Å². The number of carbonyl (C=O) groups is 2. The summed E-state index contributed by atoms with van der Waals surface area (Å²) in [6, 6.07) is 6.89. The molecule has 1 N–H and O–H groups in total. The Labute approximate surface area is 172 Å². The van der Waals surface area contributed by atoms with Crippen molar-refractivity contribution in [2.75, 3.05) is 34.3 Å². The number of amides is 1. The molecule has 3 rings (SSSR count). The SMILES string of the molecule is COc1ccc(/C(O)=C2\C(=O)C(=O)N(CCCN(C)C)[C@@H]2c2cccs2)cc1F. The third kappa shape index (κ3) is 4.18. The van der Waals surface area contributed by atoms with E-state index >= 15 is 0 Å². The van der Waals surface area contributed by atoms with Crippen LogP contribution in [0.15, 0.2) is 41.3 Å². The summed E-state index contributed by atoms with van der Waals surface area (Å²) in [6.07, 6.45) is 0.680. The van der Waals surface area contributed by atoms with Crippen LogP contribution in [0.4, 0.5) is 4.39 Å². The van der Waals surface area contributed by atoms with Gasteiger partial charge in [-0.3, -0.25) is 9.59 Å². The summed E-state index contributed by atoms with van der Waals surface area (Å²) in [7, 11) is 5.21. The number of benzene rings is 1. The number of nitrogens with zero attached hydrogens (tertiary/aromatic N) is 2. The number of methoxy groups -OCH3 is 1. The molecule has 1 aliphatic heterocycles. The Kier molecular flexibility index (Phi) is 6.34. The number of Topliss-reactive ketones (excluding diaryl/α,β-unsaturated/α-hetero) is 1. The summed E-state index contributed by atoms with van der Waals surface area (Å²) in [6.45, 7) is 1.13. The molecular weight excluding hydrogens is 395 g/mol. The lowest BCUT2D eigenvalue weighted by Crippen LogP contribution is -2.32. The maximum Gasteiger partial charge on any atom is 0.295 e. The van der Waals surface area contributed by atoms with E-state index < -0.39 is 29.3 Å². The Morgan fingerprint density at radius 1 is 1.31 bits per heavy atom. The van der Waals surface area contributed by atoms with Gasteiger partial charge in [-0.2, -0.15) is 0 Å². The van der Waals surface area contributed by atoms with Gasteiger partial charge in [0, 0.05) is 17.0 Å². The molecule has 2 aromatic rings. The predicted molar refractivity (Wildman–Crippen MR) is 109 cm³/mol. The fourth-order valence-electron chi connectivity index (χ4n) is 3.38. The highest BCUT2D eigenvalue weighted by molar-refractivity contribution is 7.10. The molecule has 0 radical (unpaired) electrons. The molecule has 0 saturated carbocycles. The molecule has 1 saturated heterocycles. The van der Waals surface area contributed by atoms with E-state index in [0.717, 1.165) is 17.5 Å². The zero-order valence-electron chi connectivity index (χ0n) is 16.5. The standard InChI is InChI=1S/C21H23FN2O4S/c1-23(2)9-5-10-24-18(16-6-4-11-29-16)17(20(26)21(24)27)19(25)13-7-8-15(28-3)14(22)12-13/h4,6-8,11-12,18,25H,5,9-10H2,1-3H3/b19-17+/t18-/m1/s1. The number of halogens is 1. The number of carbonyl (C=O) groups excluding carboxylic acids is 2. The van der Waals surface area contributed by atoms with Crippen molar-refractivity contribution in [3.8, 4) is 5.75 Å². The Bertz CT molecular complexity index is 940. The number of hydrogen-bond donors (Lipinski definition) is 1. The van der Waals surface area contributed by atoms with E-state index in [9.17, 15) is 19.1 Å². The summed E-state index contributed by atoms with van der Waals surface area (Å²) in [5.41, 5.74) is 0.100. The Morgan fingerprint density at radius 2 is 2.07 bits per heavy atom. The minimum absolute atomic E-state index is 0.0214. The van der Waals surface area contributed by atoms with Gasteiger partial charge in [0.15, 0.2) is 11.6 Å². The normalized spacial score (nSPS) is 18.7. The Hall–Kier alpha value is -2.71. The lowest BCUT2D eigenvalue weighted by molar-refractivity contribution is -0.139. The number of aliphatic hydroxyl groups excluding tert-OH is 1. The second-order valence-electron chi connectivity index (χ2n) is 7.01. The van der Waals surface area contributed by atoms with Gasteiger partial charge in [-0.1, -0.05) is 6.07 Å². The van der Waals surface area contributed by atoms with Crippen molar-refractivity contribution in [3.63, 3.8) is 0 Å². The molecule has 0 bridgehead atoms. The maximum absolute atomic E-state index is 14.1. The molecule has 1 aromatic heterocycles. The smallest absolute Gasteiger partial charge is 0.295 e. The molecule has 29 heavy (non-hydrogen) atoms. The monoisotopic (exact) mass is 418 g/mol. The third-order valence-corrected chi connectivity index (χ3v) is 5.71. The number of hydrogen-bond acceptors (Lipinski definition) is 6. The van der Waals surface area contributed by atoms with Crippen LogP contribution in [-0.4, -0.2) is 60.9 Å². The van der Waals surface area contributed by atoms with Gasteiger partial charge >= 0.3 is 0 Å². The van der Waals surface area contributed by atoms with Crippen molar-refractivity contribution >= 4 is 28.8 Å². The van der Waals surface area contributed by atoms with E-state index in [0.29, 0.717) is 13.0 Å². The van der Waals surface area contributed by atoms with E-state index in [4.69, 9.17) is 4.74 Å². The second-order valence-corrected chi connectivity index (χ2v) is 7.99. The predicted octanol–water partition coefficient (Wildman–Crippen LogP) is 3.27. The molecule has 1 aliphatic rings. The van der Waals surface area contributed by atoms with Crippen LogP contribution in [0.5, 0.6) is 5.75 Å². The first-order chi connectivity index (χ1) is 13.8. The van der Waals surface area contributed by atoms with Crippen molar-refractivity contribution in [1.29, 1.82) is 0 Å². The molecular formula is C21H23FN2O4S. The first-order valence-corrected chi connectivity index (χ1v) is 10.0. The molecule has 1 atom stereocenters. The fraction of sp³-hybridized carbons (Fsp3) is 0.333. The van der Waals surface area contributed by atoms with Crippen LogP contribution >= 0.6 is 11.3 Å². The average molecular weight is 418 g/mol. The minimum atomic E-state index is -0.762. The van der Waals surface area contributed by atoms with E-state index in [2.05, 4.69) is 0 Å². The first kappa shape index (κ1) is 21.0. The number of rotatable bonds is 7. The van der Waals surface area contributed by atoms with Gasteiger partial charge in [0.25, 0.3) is 11.7 Å². The largest absolute Gasteiger partial charge is 0.507 e. The topological polar surface area (TPSA) is 70.1 Å². The van der Waals surface area contributed by atoms with Crippen molar-refractivity contribution in [2.24, 2.45) is 0 Å². The molecule has 8 heteroatoms. The highest BCUT2D eigenvalue weighted by atomic mass is 32.1. The summed E-state index contributed by atoms with van der Waals surface area (Å²) < 4.78 is 19.0. The van der Waals surface area contributed by atoms with Crippen molar-refractivity contribution in [1.82, 2.24) is 9.80 Å². The first-order valence-electron chi connectivity index (χ1n) is 9.15. The van der Waals surface area contributed by atoms with Crippen LogP contribution in [0, 0.1) is 5.82 Å². The lowest BCUT2D eigenvalue weighted by Gasteiger charge is -2.24. The van der Waals surface area contributed by atoms with Gasteiger partial charge in [-0.05, 0) is 56.7 Å². The highest BCUT2D eigenvalue weighted by Gasteiger charge is 2.46. The molecule has 0 unspecified atom stereocenters. The van der Waals surface area contributed by atoms with Crippen molar-refractivity contribution in [2.45, 2.75) is 12.5 Å². The zero-order chi connectivity index (χ0) is 21.1. The summed E-state index contributed by atoms with van der Waals surface area (Å²) in [5, 5.41) is 12.7. The Morgan fingerprint density at radius 3 is 2.66 bits per heavy atom. The molecule has 1 fully saturated rings. The molecule has 1 amide bonds. The number of likely N-dealkylation sites (tertiary alicyclic amines) is 1. The van der Waals surface area contributed by atoms with E-state index in [-0.39, 0.29) is 16.9 Å². The van der Waals surface area contributed by atoms with Crippen LogP contribution in [0.2, 0.25) is 0 Å². The lowest BCUT2D eigenvalue weighted by atomic mass is 9.99. The molecule has 0 aliphatic carbocycles. The maximum atomic E-state index is 14.1. The van der Waals surface area contributed by atoms with Crippen LogP contribution in [-0.2, 0) is 9.59 Å². The highest BCUT2D eigenvalue weighted by Crippen LogP contribution is 2.41. The molecule has 1 aromatic carbocycles. The van der Waals surface area contributed by atoms with Crippen LogP contribution in [0.25, 0.3) is 5.76 Å². The zero-order valence-corrected chi connectivity index (χ0v) is 17.3. The van der Waals surface area contributed by atoms with Gasteiger partial charge in [0.2, 0.25) is 0 Å². The number of ether oxygens (including phenoxy) is 1. The van der Waals surface area contributed by atoms with E-state index in [1.807, 2.05) is 36.5 Å². The summed E-state index contributed by atoms with van der Waals surface area (Å²) in [5.74, 6) is -2.44. The van der Waals surface area contributed by atoms with Crippen LogP contribution in [0.1, 0.15) is 22.9 Å². The van der Waals surface area contributed by atoms with Crippen LogP contribution < -0.4 is 4.74 Å². The van der Waals surface area contributed by atoms with Crippen molar-refractivity contribution < 1.29 is 23.8 Å². The minimum Gasteiger partial charge on any atom is -0.507 e. The quantitative estimate of drug-likeness (QED) is 0.425. The summed E-state index contributed by atoms with van der Waals surface area (Å²) >= 11 is 1.40. The van der Waals surface area contributed by atoms with Crippen molar-refractivity contribution in [3.05, 3.63) is 57.5 Å². The Balaban J connectivity index is 2.05. The van der Waals surface area contributed by atoms with Gasteiger partial charge in [0.05, 0.1) is 18.7 Å². The number of thiophene rings is 1. The van der Waals surface area contributed by atoms with Gasteiger partial charge < -0.3 is 19.6 Å². The van der Waals surface area contributed by atoms with Gasteiger partial charge in [0.1, 0.15) is 5.76 Å². The molecule has 0 spiro atoms. The molecule has 2 heterocycles. The number of ketones is 1. The average Bonchev–Trinajstić information content (AvgIpc) is 3.29. The summed E-state index contributed by atoms with van der Waals surface area (Å²) in [4.78, 5) is 29.8. The number of aliphatic hydroxyl groups is 1. The molecule has 6 nitrogen and oxygen atoms in total. The van der Waals surface area contributed by atoms with Crippen LogP contribution in [0.3, 0.4) is 0 Å². The third-order valence-electron chi connectivity index (χ3n) is 4.78. The van der Waals surface area contributed by atoms with E-state index in [1.165, 1.54) is 35.5 Å². The molecule has 154 valence electrons.